The Morgan fingerprint density at radius 2 is 1.79 bits per heavy atom. The topological polar surface area (TPSA) is 113 Å². The van der Waals surface area contributed by atoms with Crippen molar-refractivity contribution in [2.45, 2.75) is 37.2 Å². The number of carbonyl (C=O) groups excluding carboxylic acids is 2. The van der Waals surface area contributed by atoms with Gasteiger partial charge in [0.25, 0.3) is 0 Å². The Morgan fingerprint density at radius 3 is 2.46 bits per heavy atom. The second-order valence-corrected chi connectivity index (χ2v) is 8.22. The predicted molar refractivity (Wildman–Crippen MR) is 102 cm³/mol. The van der Waals surface area contributed by atoms with E-state index in [4.69, 9.17) is 14.6 Å². The van der Waals surface area contributed by atoms with Gasteiger partial charge in [0.2, 0.25) is 15.8 Å². The van der Waals surface area contributed by atoms with Gasteiger partial charge in [-0.25, -0.2) is 18.4 Å². The van der Waals surface area contributed by atoms with Crippen molar-refractivity contribution >= 4 is 21.8 Å². The van der Waals surface area contributed by atoms with Gasteiger partial charge < -0.3 is 9.47 Å². The fourth-order valence-corrected chi connectivity index (χ4v) is 3.80. The molecule has 148 valence electrons. The minimum absolute atomic E-state index is 0.120. The van der Waals surface area contributed by atoms with Crippen molar-refractivity contribution in [2.75, 3.05) is 7.11 Å². The maximum atomic E-state index is 12.7. The van der Waals surface area contributed by atoms with E-state index in [2.05, 4.69) is 0 Å². The number of methoxy groups -OCH3 is 1. The zero-order chi connectivity index (χ0) is 20.5. The second kappa shape index (κ2) is 7.73. The molecule has 0 aliphatic heterocycles. The first kappa shape index (κ1) is 20.0. The van der Waals surface area contributed by atoms with Crippen LogP contribution in [0.2, 0.25) is 0 Å². The molecule has 0 amide bonds. The maximum Gasteiger partial charge on any atom is 0.342 e. The lowest BCUT2D eigenvalue weighted by atomic mass is 10.0. The summed E-state index contributed by atoms with van der Waals surface area (Å²) >= 11 is 0. The van der Waals surface area contributed by atoms with Gasteiger partial charge in [-0.15, -0.1) is 0 Å². The zero-order valence-corrected chi connectivity index (χ0v) is 16.4. The van der Waals surface area contributed by atoms with E-state index in [-0.39, 0.29) is 22.0 Å². The molecule has 0 bridgehead atoms. The van der Waals surface area contributed by atoms with E-state index in [1.54, 1.807) is 6.07 Å². The van der Waals surface area contributed by atoms with Gasteiger partial charge in [0.1, 0.15) is 11.3 Å². The quantitative estimate of drug-likeness (QED) is 0.585. The Bertz CT molecular complexity index is 1040. The van der Waals surface area contributed by atoms with Crippen LogP contribution in [0.25, 0.3) is 0 Å². The van der Waals surface area contributed by atoms with E-state index in [1.165, 1.54) is 31.7 Å². The van der Waals surface area contributed by atoms with Crippen molar-refractivity contribution in [1.82, 2.24) is 0 Å². The molecule has 7 nitrogen and oxygen atoms in total. The molecule has 0 saturated heterocycles. The number of primary sulfonamides is 1. The number of nitrogens with two attached hydrogens (primary N) is 1. The lowest BCUT2D eigenvalue weighted by Crippen LogP contribution is -2.25. The molecule has 0 heterocycles. The number of esters is 1. The molecule has 0 unspecified atom stereocenters. The fraction of sp³-hybridized carbons (Fsp3) is 0.300. The van der Waals surface area contributed by atoms with Gasteiger partial charge in [0, 0.05) is 5.56 Å². The first-order chi connectivity index (χ1) is 13.2. The number of sulfonamides is 1. The smallest absolute Gasteiger partial charge is 0.342 e. The molecule has 2 N–H and O–H groups in total. The summed E-state index contributed by atoms with van der Waals surface area (Å²) in [5.74, 6) is -1.08. The van der Waals surface area contributed by atoms with Gasteiger partial charge in [-0.2, -0.15) is 0 Å². The van der Waals surface area contributed by atoms with Crippen LogP contribution in [0, 0.1) is 0 Å². The summed E-state index contributed by atoms with van der Waals surface area (Å²) in [5.41, 5.74) is 2.74. The Labute approximate surface area is 163 Å². The van der Waals surface area contributed by atoms with Crippen LogP contribution in [0.15, 0.2) is 41.3 Å². The summed E-state index contributed by atoms with van der Waals surface area (Å²) in [5, 5.41) is 5.11. The average Bonchev–Trinajstić information content (AvgIpc) is 3.13. The van der Waals surface area contributed by atoms with E-state index in [9.17, 15) is 18.0 Å². The van der Waals surface area contributed by atoms with Crippen molar-refractivity contribution in [2.24, 2.45) is 5.14 Å². The molecule has 1 aliphatic rings. The monoisotopic (exact) mass is 403 g/mol. The summed E-state index contributed by atoms with van der Waals surface area (Å²) in [6.07, 6.45) is 1.96. The van der Waals surface area contributed by atoms with Crippen molar-refractivity contribution in [3.8, 4) is 5.75 Å². The highest BCUT2D eigenvalue weighted by molar-refractivity contribution is 7.89. The standard InChI is InChI=1S/C20H21NO6S/c1-12(19(22)15-7-6-13-4-3-5-14(13)10-15)27-20(23)17-11-16(28(21,24)25)8-9-18(17)26-2/h6-12H,3-5H2,1-2H3,(H2,21,24,25)/t12-/m1/s1. The number of carbonyl (C=O) groups is 2. The van der Waals surface area contributed by atoms with Crippen molar-refractivity contribution < 1.29 is 27.5 Å². The summed E-state index contributed by atoms with van der Waals surface area (Å²) < 4.78 is 33.5. The molecule has 1 aliphatic carbocycles. The number of benzene rings is 2. The van der Waals surface area contributed by atoms with E-state index >= 15 is 0 Å². The van der Waals surface area contributed by atoms with Gasteiger partial charge in [-0.1, -0.05) is 12.1 Å². The molecule has 8 heteroatoms. The molecule has 28 heavy (non-hydrogen) atoms. The van der Waals surface area contributed by atoms with Gasteiger partial charge in [-0.3, -0.25) is 4.79 Å². The highest BCUT2D eigenvalue weighted by atomic mass is 32.2. The number of hydrogen-bond donors (Lipinski definition) is 1. The summed E-state index contributed by atoms with van der Waals surface area (Å²) in [6.45, 7) is 1.48. The molecule has 0 spiro atoms. The minimum Gasteiger partial charge on any atom is -0.496 e. The van der Waals surface area contributed by atoms with Crippen LogP contribution in [0.3, 0.4) is 0 Å². The van der Waals surface area contributed by atoms with Gasteiger partial charge in [-0.05, 0) is 61.6 Å². The van der Waals surface area contributed by atoms with Gasteiger partial charge in [0.05, 0.1) is 12.0 Å². The maximum absolute atomic E-state index is 12.7. The minimum atomic E-state index is -4.01. The Morgan fingerprint density at radius 1 is 1.07 bits per heavy atom. The number of hydrogen-bond acceptors (Lipinski definition) is 6. The molecular weight excluding hydrogens is 382 g/mol. The predicted octanol–water partition coefficient (Wildman–Crippen LogP) is 2.26. The van der Waals surface area contributed by atoms with Crippen molar-refractivity contribution in [1.29, 1.82) is 0 Å². The highest BCUT2D eigenvalue weighted by Crippen LogP contribution is 2.25. The lowest BCUT2D eigenvalue weighted by Gasteiger charge is -2.15. The van der Waals surface area contributed by atoms with E-state index < -0.39 is 22.1 Å². The molecule has 2 aromatic rings. The van der Waals surface area contributed by atoms with Crippen LogP contribution < -0.4 is 9.88 Å². The number of rotatable bonds is 6. The molecule has 1 atom stereocenters. The largest absolute Gasteiger partial charge is 0.496 e. The van der Waals surface area contributed by atoms with E-state index in [1.807, 2.05) is 12.1 Å². The fourth-order valence-electron chi connectivity index (χ4n) is 3.26. The molecule has 0 radical (unpaired) electrons. The summed E-state index contributed by atoms with van der Waals surface area (Å²) in [6, 6.07) is 9.12. The molecular formula is C20H21NO6S. The highest BCUT2D eigenvalue weighted by Gasteiger charge is 2.25. The molecule has 2 aromatic carbocycles. The average molecular weight is 403 g/mol. The number of Topliss-reactive ketones (excluding diaryl/α,β-unsaturated/α-hetero) is 1. The number of fused-ring (bicyclic) bond motifs is 1. The van der Waals surface area contributed by atoms with E-state index in [0.717, 1.165) is 30.9 Å². The lowest BCUT2D eigenvalue weighted by molar-refractivity contribution is 0.0315. The molecule has 0 fully saturated rings. The molecule has 3 rings (SSSR count). The first-order valence-electron chi connectivity index (χ1n) is 8.78. The van der Waals surface area contributed by atoms with Crippen LogP contribution in [-0.4, -0.2) is 33.4 Å². The van der Waals surface area contributed by atoms with Crippen molar-refractivity contribution in [3.63, 3.8) is 0 Å². The van der Waals surface area contributed by atoms with E-state index in [0.29, 0.717) is 5.56 Å². The number of ether oxygens (including phenoxy) is 2. The van der Waals surface area contributed by atoms with Crippen LogP contribution in [-0.2, 0) is 27.6 Å². The van der Waals surface area contributed by atoms with Gasteiger partial charge in [0.15, 0.2) is 6.10 Å². The number of ketones is 1. The Balaban J connectivity index is 1.81. The molecule has 0 saturated carbocycles. The zero-order valence-electron chi connectivity index (χ0n) is 15.6. The molecule has 0 aromatic heterocycles. The van der Waals surface area contributed by atoms with Crippen molar-refractivity contribution in [3.05, 3.63) is 58.7 Å². The summed E-state index contributed by atoms with van der Waals surface area (Å²) in [7, 11) is -2.67. The normalized spacial score (nSPS) is 14.2. The third-order valence-electron chi connectivity index (χ3n) is 4.76. The van der Waals surface area contributed by atoms with Crippen LogP contribution in [0.4, 0.5) is 0 Å². The second-order valence-electron chi connectivity index (χ2n) is 6.66. The van der Waals surface area contributed by atoms with Crippen LogP contribution >= 0.6 is 0 Å². The van der Waals surface area contributed by atoms with Gasteiger partial charge >= 0.3 is 5.97 Å². The third kappa shape index (κ3) is 4.07. The summed E-state index contributed by atoms with van der Waals surface area (Å²) in [4.78, 5) is 25.0. The number of aryl methyl sites for hydroxylation is 2. The van der Waals surface area contributed by atoms with Crippen LogP contribution in [0.5, 0.6) is 5.75 Å². The SMILES string of the molecule is COc1ccc(S(N)(=O)=O)cc1C(=O)O[C@H](C)C(=O)c1ccc2c(c1)CCC2. The Kier molecular flexibility index (Phi) is 5.53. The first-order valence-corrected chi connectivity index (χ1v) is 10.3. The van der Waals surface area contributed by atoms with Crippen LogP contribution in [0.1, 0.15) is 45.2 Å². The Hall–Kier alpha value is -2.71. The third-order valence-corrected chi connectivity index (χ3v) is 5.67.